The Balaban J connectivity index is 3.20. The summed E-state index contributed by atoms with van der Waals surface area (Å²) in [5.41, 5.74) is -0.542. The molecule has 1 aromatic carbocycles. The van der Waals surface area contributed by atoms with Crippen molar-refractivity contribution in [3.05, 3.63) is 29.1 Å². The first-order valence-corrected chi connectivity index (χ1v) is 4.81. The van der Waals surface area contributed by atoms with Gasteiger partial charge in [-0.3, -0.25) is 9.59 Å². The maximum absolute atomic E-state index is 13.4. The quantitative estimate of drug-likeness (QED) is 0.475. The molecular weight excluding hydrogens is 253 g/mol. The van der Waals surface area contributed by atoms with Crippen LogP contribution >= 0.6 is 0 Å². The van der Waals surface area contributed by atoms with Crippen LogP contribution in [0, 0.1) is 17.5 Å². The molecule has 18 heavy (non-hydrogen) atoms. The monoisotopic (exact) mass is 262 g/mol. The maximum atomic E-state index is 13.4. The number of benzene rings is 1. The molecular formula is C11H9F3O4. The predicted molar refractivity (Wildman–Crippen MR) is 53.1 cm³/mol. The van der Waals surface area contributed by atoms with E-state index < -0.39 is 47.3 Å². The third-order valence-electron chi connectivity index (χ3n) is 1.90. The molecule has 98 valence electrons. The average molecular weight is 262 g/mol. The highest BCUT2D eigenvalue weighted by atomic mass is 19.2. The average Bonchev–Trinajstić information content (AvgIpc) is 2.24. The molecule has 0 atom stereocenters. The van der Waals surface area contributed by atoms with Crippen molar-refractivity contribution in [2.45, 2.75) is 20.5 Å². The fourth-order valence-electron chi connectivity index (χ4n) is 1.17. The molecule has 0 aliphatic rings. The van der Waals surface area contributed by atoms with Crippen molar-refractivity contribution in [1.82, 2.24) is 0 Å². The summed E-state index contributed by atoms with van der Waals surface area (Å²) in [4.78, 5) is 21.3. The molecule has 4 nitrogen and oxygen atoms in total. The summed E-state index contributed by atoms with van der Waals surface area (Å²) in [7, 11) is 0. The molecule has 0 radical (unpaired) electrons. The Morgan fingerprint density at radius 1 is 1.11 bits per heavy atom. The molecule has 0 aliphatic heterocycles. The summed E-state index contributed by atoms with van der Waals surface area (Å²) >= 11 is 0. The fourth-order valence-corrected chi connectivity index (χ4v) is 1.17. The standard InChI is InChI=1S/C11H9F3O4/c1-5(15)17-4-7-9(18-6(2)16)3-8(12)11(14)10(7)13/h3H,4H2,1-2H3. The normalized spacial score (nSPS) is 10.1. The number of carbonyl (C=O) groups is 2. The van der Waals surface area contributed by atoms with Crippen molar-refractivity contribution in [3.8, 4) is 5.75 Å². The van der Waals surface area contributed by atoms with Gasteiger partial charge in [-0.15, -0.1) is 0 Å². The molecule has 0 spiro atoms. The minimum atomic E-state index is -1.73. The second kappa shape index (κ2) is 5.52. The SMILES string of the molecule is CC(=O)OCc1c(OC(C)=O)cc(F)c(F)c1F. The van der Waals surface area contributed by atoms with Crippen molar-refractivity contribution in [1.29, 1.82) is 0 Å². The summed E-state index contributed by atoms with van der Waals surface area (Å²) in [5, 5.41) is 0. The van der Waals surface area contributed by atoms with Crippen LogP contribution < -0.4 is 4.74 Å². The Kier molecular flexibility index (Phi) is 4.30. The fraction of sp³-hybridized carbons (Fsp3) is 0.273. The maximum Gasteiger partial charge on any atom is 0.308 e. The molecule has 0 saturated carbocycles. The number of carbonyl (C=O) groups excluding carboxylic acids is 2. The summed E-state index contributed by atoms with van der Waals surface area (Å²) in [6, 6.07) is 0.513. The number of hydrogen-bond acceptors (Lipinski definition) is 4. The Hall–Kier alpha value is -2.05. The van der Waals surface area contributed by atoms with E-state index in [2.05, 4.69) is 9.47 Å². The van der Waals surface area contributed by atoms with E-state index >= 15 is 0 Å². The van der Waals surface area contributed by atoms with Gasteiger partial charge in [-0.05, 0) is 0 Å². The van der Waals surface area contributed by atoms with Gasteiger partial charge in [0, 0.05) is 19.9 Å². The van der Waals surface area contributed by atoms with E-state index in [1.165, 1.54) is 0 Å². The summed E-state index contributed by atoms with van der Waals surface area (Å²) in [5.74, 6) is -6.91. The molecule has 0 unspecified atom stereocenters. The highest BCUT2D eigenvalue weighted by Gasteiger charge is 2.21. The summed E-state index contributed by atoms with van der Waals surface area (Å²) in [6.07, 6.45) is 0. The molecule has 0 N–H and O–H groups in total. The van der Waals surface area contributed by atoms with Gasteiger partial charge in [0.2, 0.25) is 0 Å². The van der Waals surface area contributed by atoms with Crippen molar-refractivity contribution >= 4 is 11.9 Å². The third-order valence-corrected chi connectivity index (χ3v) is 1.90. The molecule has 0 aromatic heterocycles. The largest absolute Gasteiger partial charge is 0.461 e. The zero-order valence-corrected chi connectivity index (χ0v) is 9.55. The summed E-state index contributed by atoms with van der Waals surface area (Å²) < 4.78 is 48.4. The van der Waals surface area contributed by atoms with Gasteiger partial charge in [0.15, 0.2) is 17.5 Å². The lowest BCUT2D eigenvalue weighted by Crippen LogP contribution is -2.10. The van der Waals surface area contributed by atoms with Crippen LogP contribution in [0.4, 0.5) is 13.2 Å². The second-order valence-electron chi connectivity index (χ2n) is 3.34. The topological polar surface area (TPSA) is 52.6 Å². The molecule has 0 fully saturated rings. The van der Waals surface area contributed by atoms with E-state index in [1.807, 2.05) is 0 Å². The van der Waals surface area contributed by atoms with E-state index in [0.29, 0.717) is 6.07 Å². The van der Waals surface area contributed by atoms with E-state index in [1.54, 1.807) is 0 Å². The highest BCUT2D eigenvalue weighted by molar-refractivity contribution is 5.70. The zero-order chi connectivity index (χ0) is 13.9. The Labute approximate surface area is 100 Å². The molecule has 1 aromatic rings. The first kappa shape index (κ1) is 14.0. The van der Waals surface area contributed by atoms with Crippen LogP contribution in [-0.4, -0.2) is 11.9 Å². The lowest BCUT2D eigenvalue weighted by molar-refractivity contribution is -0.142. The highest BCUT2D eigenvalue weighted by Crippen LogP contribution is 2.27. The summed E-state index contributed by atoms with van der Waals surface area (Å²) in [6.45, 7) is 1.40. The number of esters is 2. The van der Waals surface area contributed by atoms with Gasteiger partial charge in [-0.2, -0.15) is 0 Å². The molecule has 0 aliphatic carbocycles. The van der Waals surface area contributed by atoms with Gasteiger partial charge < -0.3 is 9.47 Å². The van der Waals surface area contributed by atoms with Gasteiger partial charge in [0.25, 0.3) is 0 Å². The first-order valence-electron chi connectivity index (χ1n) is 4.81. The smallest absolute Gasteiger partial charge is 0.308 e. The Bertz CT molecular complexity index is 500. The van der Waals surface area contributed by atoms with Gasteiger partial charge in [0.1, 0.15) is 12.4 Å². The minimum absolute atomic E-state index is 0.513. The molecule has 1 rings (SSSR count). The number of rotatable bonds is 3. The van der Waals surface area contributed by atoms with Crippen LogP contribution in [-0.2, 0) is 20.9 Å². The number of hydrogen-bond donors (Lipinski definition) is 0. The van der Waals surface area contributed by atoms with Crippen molar-refractivity contribution in [3.63, 3.8) is 0 Å². The van der Waals surface area contributed by atoms with Crippen LogP contribution in [0.5, 0.6) is 5.75 Å². The van der Waals surface area contributed by atoms with E-state index in [0.717, 1.165) is 13.8 Å². The van der Waals surface area contributed by atoms with E-state index in [-0.39, 0.29) is 0 Å². The van der Waals surface area contributed by atoms with Crippen molar-refractivity contribution < 1.29 is 32.2 Å². The molecule has 7 heteroatoms. The predicted octanol–water partition coefficient (Wildman–Crippen LogP) is 2.09. The van der Waals surface area contributed by atoms with E-state index in [4.69, 9.17) is 0 Å². The van der Waals surface area contributed by atoms with Gasteiger partial charge in [-0.25, -0.2) is 13.2 Å². The van der Waals surface area contributed by atoms with Crippen LogP contribution in [0.1, 0.15) is 19.4 Å². The van der Waals surface area contributed by atoms with Gasteiger partial charge in [0.05, 0.1) is 5.56 Å². The third kappa shape index (κ3) is 3.22. The zero-order valence-electron chi connectivity index (χ0n) is 9.55. The van der Waals surface area contributed by atoms with Crippen LogP contribution in [0.25, 0.3) is 0 Å². The van der Waals surface area contributed by atoms with Gasteiger partial charge in [-0.1, -0.05) is 0 Å². The second-order valence-corrected chi connectivity index (χ2v) is 3.34. The van der Waals surface area contributed by atoms with Crippen LogP contribution in [0.3, 0.4) is 0 Å². The molecule has 0 amide bonds. The van der Waals surface area contributed by atoms with Crippen molar-refractivity contribution in [2.75, 3.05) is 0 Å². The number of ether oxygens (including phenoxy) is 2. The minimum Gasteiger partial charge on any atom is -0.461 e. The Morgan fingerprint density at radius 2 is 1.72 bits per heavy atom. The van der Waals surface area contributed by atoms with Gasteiger partial charge >= 0.3 is 11.9 Å². The lowest BCUT2D eigenvalue weighted by atomic mass is 10.2. The first-order chi connectivity index (χ1) is 8.32. The molecule has 0 heterocycles. The Morgan fingerprint density at radius 3 is 2.22 bits per heavy atom. The van der Waals surface area contributed by atoms with Crippen LogP contribution in [0.2, 0.25) is 0 Å². The van der Waals surface area contributed by atoms with Crippen LogP contribution in [0.15, 0.2) is 6.07 Å². The number of halogens is 3. The van der Waals surface area contributed by atoms with Crippen molar-refractivity contribution in [2.24, 2.45) is 0 Å². The molecule has 0 bridgehead atoms. The lowest BCUT2D eigenvalue weighted by Gasteiger charge is -2.11. The molecule has 0 saturated heterocycles. The van der Waals surface area contributed by atoms with E-state index in [9.17, 15) is 22.8 Å².